The van der Waals surface area contributed by atoms with Crippen LogP contribution in [0.15, 0.2) is 29.1 Å². The molecule has 3 heterocycles. The van der Waals surface area contributed by atoms with Crippen molar-refractivity contribution in [2.24, 2.45) is 0 Å². The standard InChI is InChI=1S/C24H35BrN6O3/c1-2-34-15-14-31(13-10-21(24(32)33)30-23-20(25)16-26-17-28-23)12-4-3-7-19-9-8-18-6-5-11-27-22(18)29-19/h8-9,16-17,21H,2-7,10-15H2,1H3,(H,27,29)(H,32,33)(H,26,28,30). The number of pyridine rings is 1. The molecule has 0 saturated carbocycles. The van der Waals surface area contributed by atoms with Gasteiger partial charge in [-0.25, -0.2) is 19.7 Å². The summed E-state index contributed by atoms with van der Waals surface area (Å²) in [4.78, 5) is 26.9. The van der Waals surface area contributed by atoms with Gasteiger partial charge in [0.2, 0.25) is 0 Å². The molecular weight excluding hydrogens is 500 g/mol. The number of anilines is 2. The molecule has 3 rings (SSSR count). The van der Waals surface area contributed by atoms with Crippen molar-refractivity contribution in [1.82, 2.24) is 19.9 Å². The van der Waals surface area contributed by atoms with Crippen molar-refractivity contribution >= 4 is 33.5 Å². The second-order valence-electron chi connectivity index (χ2n) is 8.38. The molecule has 0 amide bonds. The monoisotopic (exact) mass is 534 g/mol. The van der Waals surface area contributed by atoms with E-state index in [0.717, 1.165) is 56.8 Å². The number of fused-ring (bicyclic) bond motifs is 1. The van der Waals surface area contributed by atoms with Gasteiger partial charge in [0.25, 0.3) is 0 Å². The highest BCUT2D eigenvalue weighted by atomic mass is 79.9. The van der Waals surface area contributed by atoms with Crippen molar-refractivity contribution in [3.05, 3.63) is 40.4 Å². The van der Waals surface area contributed by atoms with E-state index in [-0.39, 0.29) is 0 Å². The summed E-state index contributed by atoms with van der Waals surface area (Å²) < 4.78 is 6.18. The number of aryl methyl sites for hydroxylation is 2. The van der Waals surface area contributed by atoms with Crippen molar-refractivity contribution in [2.75, 3.05) is 50.0 Å². The highest BCUT2D eigenvalue weighted by molar-refractivity contribution is 9.10. The van der Waals surface area contributed by atoms with Crippen LogP contribution in [0.25, 0.3) is 0 Å². The topological polar surface area (TPSA) is 113 Å². The number of carboxylic acid groups (broad SMARTS) is 1. The van der Waals surface area contributed by atoms with Gasteiger partial charge in [0.05, 0.1) is 11.1 Å². The molecule has 3 N–H and O–H groups in total. The summed E-state index contributed by atoms with van der Waals surface area (Å²) in [6.07, 6.45) is 8.70. The van der Waals surface area contributed by atoms with Gasteiger partial charge in [-0.15, -0.1) is 0 Å². The first-order valence-electron chi connectivity index (χ1n) is 12.0. The van der Waals surface area contributed by atoms with Gasteiger partial charge in [-0.1, -0.05) is 6.07 Å². The first kappa shape index (κ1) is 26.3. The third-order valence-corrected chi connectivity index (χ3v) is 6.46. The quantitative estimate of drug-likeness (QED) is 0.295. The first-order valence-corrected chi connectivity index (χ1v) is 12.8. The zero-order chi connectivity index (χ0) is 24.2. The minimum Gasteiger partial charge on any atom is -0.480 e. The van der Waals surface area contributed by atoms with E-state index in [2.05, 4.69) is 53.6 Å². The molecule has 9 nitrogen and oxygen atoms in total. The van der Waals surface area contributed by atoms with Crippen LogP contribution in [0.2, 0.25) is 0 Å². The third-order valence-electron chi connectivity index (χ3n) is 5.88. The number of nitrogens with one attached hydrogen (secondary N) is 2. The number of carboxylic acids is 1. The van der Waals surface area contributed by atoms with Crippen molar-refractivity contribution in [3.63, 3.8) is 0 Å². The maximum Gasteiger partial charge on any atom is 0.326 e. The third kappa shape index (κ3) is 8.48. The molecular formula is C24H35BrN6O3. The van der Waals surface area contributed by atoms with Gasteiger partial charge < -0.3 is 25.4 Å². The summed E-state index contributed by atoms with van der Waals surface area (Å²) in [5, 5.41) is 16.1. The molecule has 0 saturated heterocycles. The normalized spacial score (nSPS) is 13.9. The van der Waals surface area contributed by atoms with Crippen LogP contribution < -0.4 is 10.6 Å². The smallest absolute Gasteiger partial charge is 0.326 e. The van der Waals surface area contributed by atoms with E-state index in [4.69, 9.17) is 9.72 Å². The van der Waals surface area contributed by atoms with E-state index in [1.54, 1.807) is 6.20 Å². The van der Waals surface area contributed by atoms with E-state index in [9.17, 15) is 9.90 Å². The van der Waals surface area contributed by atoms with Gasteiger partial charge in [-0.05, 0) is 79.6 Å². The maximum absolute atomic E-state index is 11.8. The highest BCUT2D eigenvalue weighted by Crippen LogP contribution is 2.21. The molecule has 0 fully saturated rings. The first-order chi connectivity index (χ1) is 16.6. The summed E-state index contributed by atoms with van der Waals surface area (Å²) >= 11 is 3.36. The molecule has 2 aromatic rings. The van der Waals surface area contributed by atoms with Gasteiger partial charge in [0, 0.05) is 38.1 Å². The summed E-state index contributed by atoms with van der Waals surface area (Å²) in [5.41, 5.74) is 2.44. The predicted octanol–water partition coefficient (Wildman–Crippen LogP) is 3.61. The lowest BCUT2D eigenvalue weighted by molar-refractivity contribution is -0.138. The number of hydrogen-bond donors (Lipinski definition) is 3. The van der Waals surface area contributed by atoms with Gasteiger partial charge in [0.1, 0.15) is 24.0 Å². The average molecular weight is 535 g/mol. The van der Waals surface area contributed by atoms with Crippen molar-refractivity contribution in [1.29, 1.82) is 0 Å². The SMILES string of the molecule is CCOCCN(CCCCc1ccc2c(n1)NCCC2)CCC(Nc1ncncc1Br)C(=O)O. The van der Waals surface area contributed by atoms with Crippen LogP contribution >= 0.6 is 15.9 Å². The number of aliphatic carboxylic acids is 1. The molecule has 0 aromatic carbocycles. The van der Waals surface area contributed by atoms with Crippen LogP contribution in [0.3, 0.4) is 0 Å². The van der Waals surface area contributed by atoms with E-state index in [0.29, 0.717) is 36.5 Å². The van der Waals surface area contributed by atoms with E-state index in [1.165, 1.54) is 18.3 Å². The Hall–Kier alpha value is -2.30. The Kier molecular flexibility index (Phi) is 11.0. The summed E-state index contributed by atoms with van der Waals surface area (Å²) in [6.45, 7) is 6.61. The number of ether oxygens (including phenoxy) is 1. The zero-order valence-electron chi connectivity index (χ0n) is 19.8. The Labute approximate surface area is 209 Å². The molecule has 0 spiro atoms. The van der Waals surface area contributed by atoms with E-state index in [1.807, 2.05) is 6.92 Å². The van der Waals surface area contributed by atoms with Gasteiger partial charge in [0.15, 0.2) is 0 Å². The largest absolute Gasteiger partial charge is 0.480 e. The van der Waals surface area contributed by atoms with Crippen LogP contribution in [0.1, 0.15) is 43.9 Å². The van der Waals surface area contributed by atoms with Crippen LogP contribution in [0, 0.1) is 0 Å². The molecule has 186 valence electrons. The number of nitrogens with zero attached hydrogens (tertiary/aromatic N) is 4. The summed E-state index contributed by atoms with van der Waals surface area (Å²) in [7, 11) is 0. The minimum atomic E-state index is -0.901. The molecule has 1 aliphatic heterocycles. The number of halogens is 1. The minimum absolute atomic E-state index is 0.454. The fourth-order valence-electron chi connectivity index (χ4n) is 3.98. The van der Waals surface area contributed by atoms with Crippen molar-refractivity contribution in [3.8, 4) is 0 Å². The number of unbranched alkanes of at least 4 members (excludes halogenated alkanes) is 1. The lowest BCUT2D eigenvalue weighted by Crippen LogP contribution is -2.37. The van der Waals surface area contributed by atoms with Crippen LogP contribution in [-0.2, 0) is 22.4 Å². The molecule has 0 bridgehead atoms. The number of aromatic nitrogens is 3. The van der Waals surface area contributed by atoms with Crippen LogP contribution in [0.5, 0.6) is 0 Å². The number of hydrogen-bond acceptors (Lipinski definition) is 8. The van der Waals surface area contributed by atoms with Gasteiger partial charge in [-0.3, -0.25) is 0 Å². The summed E-state index contributed by atoms with van der Waals surface area (Å²) in [5.74, 6) is 0.627. The zero-order valence-corrected chi connectivity index (χ0v) is 21.4. The second kappa shape index (κ2) is 14.2. The molecule has 0 radical (unpaired) electrons. The Bertz CT molecular complexity index is 916. The average Bonchev–Trinajstić information content (AvgIpc) is 2.84. The maximum atomic E-state index is 11.8. The Morgan fingerprint density at radius 2 is 2.21 bits per heavy atom. The molecule has 34 heavy (non-hydrogen) atoms. The Morgan fingerprint density at radius 1 is 1.32 bits per heavy atom. The lowest BCUT2D eigenvalue weighted by atomic mass is 10.1. The Balaban J connectivity index is 1.48. The molecule has 1 aliphatic rings. The van der Waals surface area contributed by atoms with Crippen LogP contribution in [-0.4, -0.2) is 76.4 Å². The molecule has 10 heteroatoms. The van der Waals surface area contributed by atoms with Crippen molar-refractivity contribution in [2.45, 2.75) is 51.5 Å². The number of carbonyl (C=O) groups is 1. The highest BCUT2D eigenvalue weighted by Gasteiger charge is 2.20. The fraction of sp³-hybridized carbons (Fsp3) is 0.583. The second-order valence-corrected chi connectivity index (χ2v) is 9.23. The molecule has 2 aromatic heterocycles. The fourth-order valence-corrected chi connectivity index (χ4v) is 4.31. The predicted molar refractivity (Wildman–Crippen MR) is 136 cm³/mol. The summed E-state index contributed by atoms with van der Waals surface area (Å²) in [6, 6.07) is 3.60. The molecule has 1 atom stereocenters. The lowest BCUT2D eigenvalue weighted by Gasteiger charge is -2.24. The van der Waals surface area contributed by atoms with Crippen molar-refractivity contribution < 1.29 is 14.6 Å². The van der Waals surface area contributed by atoms with Crippen LogP contribution in [0.4, 0.5) is 11.6 Å². The Morgan fingerprint density at radius 3 is 3.00 bits per heavy atom. The van der Waals surface area contributed by atoms with E-state index < -0.39 is 12.0 Å². The number of rotatable bonds is 15. The van der Waals surface area contributed by atoms with E-state index >= 15 is 0 Å². The molecule has 1 unspecified atom stereocenters. The molecule has 0 aliphatic carbocycles. The van der Waals surface area contributed by atoms with Gasteiger partial charge in [-0.2, -0.15) is 0 Å². The van der Waals surface area contributed by atoms with Gasteiger partial charge >= 0.3 is 5.97 Å².